The lowest BCUT2D eigenvalue weighted by Crippen LogP contribution is -2.48. The first-order chi connectivity index (χ1) is 20.5. The van der Waals surface area contributed by atoms with Crippen LogP contribution in [-0.2, 0) is 0 Å². The monoisotopic (exact) mass is 593 g/mol. The van der Waals surface area contributed by atoms with Gasteiger partial charge in [-0.25, -0.2) is 0 Å². The van der Waals surface area contributed by atoms with Crippen LogP contribution in [0.3, 0.4) is 0 Å². The van der Waals surface area contributed by atoms with E-state index in [-0.39, 0.29) is 0 Å². The number of nitrogens with zero attached hydrogens (tertiary/aromatic N) is 1. The molecule has 0 saturated heterocycles. The van der Waals surface area contributed by atoms with Crippen LogP contribution in [-0.4, -0.2) is 31.2 Å². The fraction of sp³-hybridized carbons (Fsp3) is 1.00. The zero-order chi connectivity index (χ0) is 30.8. The molecule has 0 aliphatic heterocycles. The number of unbranched alkanes of at least 4 members (excludes halogenated alkanes) is 30. The third-order valence-corrected chi connectivity index (χ3v) is 9.91. The summed E-state index contributed by atoms with van der Waals surface area (Å²) < 4.78 is 1.33. The highest BCUT2D eigenvalue weighted by Gasteiger charge is 2.22. The average Bonchev–Trinajstić information content (AvgIpc) is 2.96. The standard InChI is InChI=1S/C41H86N/c1-6-8-10-12-14-16-18-20-22-24-26-28-30-32-34-36-38-42(5,40-41(3)4)39-37-35-33-31-29-27-25-23-21-19-17-15-13-11-9-7-2/h41H,6-40H2,1-5H3/q+1. The molecule has 0 aliphatic rings. The van der Waals surface area contributed by atoms with E-state index in [1.807, 2.05) is 0 Å². The van der Waals surface area contributed by atoms with Gasteiger partial charge in [-0.05, 0) is 25.7 Å². The Bertz CT molecular complexity index is 447. The van der Waals surface area contributed by atoms with Crippen molar-refractivity contribution in [1.82, 2.24) is 0 Å². The lowest BCUT2D eigenvalue weighted by Gasteiger charge is -2.36. The smallest absolute Gasteiger partial charge is 0.0807 e. The van der Waals surface area contributed by atoms with Crippen LogP contribution in [0.4, 0.5) is 0 Å². The molecule has 0 aliphatic carbocycles. The Morgan fingerprint density at radius 2 is 0.500 bits per heavy atom. The topological polar surface area (TPSA) is 0 Å². The molecule has 0 saturated carbocycles. The average molecular weight is 593 g/mol. The first-order valence-electron chi connectivity index (χ1n) is 20.4. The van der Waals surface area contributed by atoms with Gasteiger partial charge in [0.2, 0.25) is 0 Å². The van der Waals surface area contributed by atoms with E-state index in [1.54, 1.807) is 0 Å². The van der Waals surface area contributed by atoms with Crippen molar-refractivity contribution in [2.45, 2.75) is 233 Å². The van der Waals surface area contributed by atoms with Gasteiger partial charge in [-0.2, -0.15) is 0 Å². The van der Waals surface area contributed by atoms with Gasteiger partial charge < -0.3 is 4.48 Å². The van der Waals surface area contributed by atoms with E-state index in [1.165, 1.54) is 230 Å². The SMILES string of the molecule is CCCCCCCCCCCCCCCCCC[N+](C)(CCCCCCCCCCCCCCCCCC)CC(C)C. The molecule has 254 valence electrons. The summed E-state index contributed by atoms with van der Waals surface area (Å²) in [6.45, 7) is 13.7. The van der Waals surface area contributed by atoms with Crippen molar-refractivity contribution in [3.63, 3.8) is 0 Å². The van der Waals surface area contributed by atoms with Crippen molar-refractivity contribution < 1.29 is 4.48 Å². The van der Waals surface area contributed by atoms with E-state index < -0.39 is 0 Å². The molecular formula is C41H86N+. The molecule has 0 atom stereocenters. The van der Waals surface area contributed by atoms with Gasteiger partial charge in [0.15, 0.2) is 0 Å². The zero-order valence-electron chi connectivity index (χ0n) is 30.8. The largest absolute Gasteiger partial charge is 0.326 e. The minimum absolute atomic E-state index is 0.817. The summed E-state index contributed by atoms with van der Waals surface area (Å²) in [5, 5.41) is 0. The lowest BCUT2D eigenvalue weighted by atomic mass is 10.0. The normalized spacial score (nSPS) is 12.1. The van der Waals surface area contributed by atoms with Gasteiger partial charge in [-0.3, -0.25) is 0 Å². The molecule has 0 spiro atoms. The molecule has 0 fully saturated rings. The Kier molecular flexibility index (Phi) is 33.8. The molecule has 0 aromatic carbocycles. The highest BCUT2D eigenvalue weighted by molar-refractivity contribution is 4.54. The predicted molar refractivity (Wildman–Crippen MR) is 195 cm³/mol. The number of quaternary nitrogens is 1. The summed E-state index contributed by atoms with van der Waals surface area (Å²) in [6.07, 6.45) is 46.9. The highest BCUT2D eigenvalue weighted by atomic mass is 15.3. The van der Waals surface area contributed by atoms with Gasteiger partial charge in [0.25, 0.3) is 0 Å². The summed E-state index contributed by atoms with van der Waals surface area (Å²) in [4.78, 5) is 0. The van der Waals surface area contributed by atoms with Crippen LogP contribution in [0.15, 0.2) is 0 Å². The lowest BCUT2D eigenvalue weighted by molar-refractivity contribution is -0.912. The molecule has 1 nitrogen and oxygen atoms in total. The second kappa shape index (κ2) is 33.8. The Morgan fingerprint density at radius 3 is 0.690 bits per heavy atom. The summed E-state index contributed by atoms with van der Waals surface area (Å²) in [6, 6.07) is 0. The van der Waals surface area contributed by atoms with Crippen LogP contribution in [0.2, 0.25) is 0 Å². The van der Waals surface area contributed by atoms with Gasteiger partial charge in [-0.1, -0.05) is 207 Å². The van der Waals surface area contributed by atoms with Crippen LogP contribution >= 0.6 is 0 Å². The quantitative estimate of drug-likeness (QED) is 0.0501. The van der Waals surface area contributed by atoms with Crippen LogP contribution in [0.5, 0.6) is 0 Å². The van der Waals surface area contributed by atoms with Gasteiger partial charge in [-0.15, -0.1) is 0 Å². The predicted octanol–water partition coefficient (Wildman–Crippen LogP) is 14.6. The fourth-order valence-corrected chi connectivity index (χ4v) is 7.26. The molecular weight excluding hydrogens is 506 g/mol. The Hall–Kier alpha value is -0.0400. The minimum atomic E-state index is 0.817. The van der Waals surface area contributed by atoms with E-state index in [0.29, 0.717) is 0 Å². The third-order valence-electron chi connectivity index (χ3n) is 9.91. The second-order valence-corrected chi connectivity index (χ2v) is 15.2. The van der Waals surface area contributed by atoms with E-state index in [4.69, 9.17) is 0 Å². The van der Waals surface area contributed by atoms with Crippen LogP contribution in [0.1, 0.15) is 233 Å². The Labute approximate surface area is 269 Å². The minimum Gasteiger partial charge on any atom is -0.326 e. The van der Waals surface area contributed by atoms with E-state index >= 15 is 0 Å². The number of hydrogen-bond acceptors (Lipinski definition) is 0. The maximum atomic E-state index is 2.57. The maximum Gasteiger partial charge on any atom is 0.0807 e. The van der Waals surface area contributed by atoms with E-state index in [0.717, 1.165) is 5.92 Å². The first kappa shape index (κ1) is 42.0. The molecule has 0 unspecified atom stereocenters. The van der Waals surface area contributed by atoms with Crippen molar-refractivity contribution in [3.8, 4) is 0 Å². The Balaban J connectivity index is 3.60. The summed E-state index contributed by atoms with van der Waals surface area (Å²) in [5.74, 6) is 0.817. The Morgan fingerprint density at radius 1 is 0.310 bits per heavy atom. The molecule has 0 radical (unpaired) electrons. The molecule has 0 rings (SSSR count). The number of rotatable bonds is 36. The van der Waals surface area contributed by atoms with Gasteiger partial charge in [0.1, 0.15) is 0 Å². The molecule has 0 amide bonds. The molecule has 1 heteroatoms. The molecule has 0 aromatic heterocycles. The van der Waals surface area contributed by atoms with Crippen molar-refractivity contribution in [2.75, 3.05) is 26.7 Å². The van der Waals surface area contributed by atoms with E-state index in [9.17, 15) is 0 Å². The molecule has 0 bridgehead atoms. The summed E-state index contributed by atoms with van der Waals surface area (Å²) >= 11 is 0. The van der Waals surface area contributed by atoms with Crippen LogP contribution in [0.25, 0.3) is 0 Å². The summed E-state index contributed by atoms with van der Waals surface area (Å²) in [7, 11) is 2.57. The van der Waals surface area contributed by atoms with Crippen molar-refractivity contribution in [1.29, 1.82) is 0 Å². The highest BCUT2D eigenvalue weighted by Crippen LogP contribution is 2.18. The second-order valence-electron chi connectivity index (χ2n) is 15.2. The summed E-state index contributed by atoms with van der Waals surface area (Å²) in [5.41, 5.74) is 0. The maximum absolute atomic E-state index is 2.57. The van der Waals surface area contributed by atoms with Crippen LogP contribution < -0.4 is 0 Å². The zero-order valence-corrected chi connectivity index (χ0v) is 30.8. The van der Waals surface area contributed by atoms with Crippen molar-refractivity contribution in [3.05, 3.63) is 0 Å². The third kappa shape index (κ3) is 32.9. The fourth-order valence-electron chi connectivity index (χ4n) is 7.26. The van der Waals surface area contributed by atoms with Crippen molar-refractivity contribution in [2.24, 2.45) is 5.92 Å². The first-order valence-corrected chi connectivity index (χ1v) is 20.4. The van der Waals surface area contributed by atoms with Gasteiger partial charge >= 0.3 is 0 Å². The van der Waals surface area contributed by atoms with Gasteiger partial charge in [0.05, 0.1) is 26.7 Å². The molecule has 0 N–H and O–H groups in total. The van der Waals surface area contributed by atoms with Gasteiger partial charge in [0, 0.05) is 5.92 Å². The van der Waals surface area contributed by atoms with Crippen LogP contribution in [0, 0.1) is 5.92 Å². The number of hydrogen-bond donors (Lipinski definition) is 0. The molecule has 0 heterocycles. The van der Waals surface area contributed by atoms with E-state index in [2.05, 4.69) is 34.7 Å². The van der Waals surface area contributed by atoms with Crippen molar-refractivity contribution >= 4 is 0 Å². The molecule has 42 heavy (non-hydrogen) atoms. The molecule has 0 aromatic rings.